The number of nitrogens with one attached hydrogen (secondary N) is 1. The molecule has 0 radical (unpaired) electrons. The van der Waals surface area contributed by atoms with Gasteiger partial charge in [-0.25, -0.2) is 0 Å². The van der Waals surface area contributed by atoms with Gasteiger partial charge in [-0.2, -0.15) is 0 Å². The first-order valence-electron chi connectivity index (χ1n) is 5.25. The van der Waals surface area contributed by atoms with E-state index in [4.69, 9.17) is 0 Å². The molecular weight excluding hydrogens is 162 g/mol. The molecule has 0 bridgehead atoms. The standard InChI is InChI=1S/C11H21NO/c1-3-9(2)8-12-10-4-6-11(13)7-5-10/h3,10-13H,4-8H2,1-2H3/b9-3-. The molecule has 0 heterocycles. The van der Waals surface area contributed by atoms with Crippen molar-refractivity contribution in [2.24, 2.45) is 0 Å². The van der Waals surface area contributed by atoms with E-state index in [1.165, 1.54) is 5.57 Å². The van der Waals surface area contributed by atoms with E-state index in [0.29, 0.717) is 6.04 Å². The summed E-state index contributed by atoms with van der Waals surface area (Å²) in [5.74, 6) is 0. The lowest BCUT2D eigenvalue weighted by Crippen LogP contribution is -2.35. The third-order valence-corrected chi connectivity index (χ3v) is 2.86. The minimum absolute atomic E-state index is 0.0409. The molecule has 0 aromatic heterocycles. The van der Waals surface area contributed by atoms with Crippen LogP contribution in [0.1, 0.15) is 39.5 Å². The largest absolute Gasteiger partial charge is 0.393 e. The Kier molecular flexibility index (Phi) is 4.46. The van der Waals surface area contributed by atoms with Crippen LogP contribution in [0.3, 0.4) is 0 Å². The second-order valence-corrected chi connectivity index (χ2v) is 4.02. The predicted molar refractivity (Wildman–Crippen MR) is 55.7 cm³/mol. The van der Waals surface area contributed by atoms with Crippen LogP contribution >= 0.6 is 0 Å². The van der Waals surface area contributed by atoms with Crippen molar-refractivity contribution in [3.05, 3.63) is 11.6 Å². The van der Waals surface area contributed by atoms with Crippen LogP contribution in [-0.2, 0) is 0 Å². The molecule has 1 saturated carbocycles. The zero-order chi connectivity index (χ0) is 9.68. The maximum atomic E-state index is 9.31. The highest BCUT2D eigenvalue weighted by atomic mass is 16.3. The van der Waals surface area contributed by atoms with Crippen LogP contribution in [-0.4, -0.2) is 23.8 Å². The van der Waals surface area contributed by atoms with Crippen molar-refractivity contribution >= 4 is 0 Å². The zero-order valence-corrected chi connectivity index (χ0v) is 8.71. The van der Waals surface area contributed by atoms with Gasteiger partial charge < -0.3 is 10.4 Å². The lowest BCUT2D eigenvalue weighted by Gasteiger charge is -2.26. The van der Waals surface area contributed by atoms with Gasteiger partial charge in [-0.3, -0.25) is 0 Å². The monoisotopic (exact) mass is 183 g/mol. The van der Waals surface area contributed by atoms with Crippen molar-refractivity contribution in [1.82, 2.24) is 5.32 Å². The summed E-state index contributed by atoms with van der Waals surface area (Å²) >= 11 is 0. The van der Waals surface area contributed by atoms with Gasteiger partial charge in [-0.05, 0) is 39.5 Å². The lowest BCUT2D eigenvalue weighted by molar-refractivity contribution is 0.117. The first-order valence-corrected chi connectivity index (χ1v) is 5.25. The topological polar surface area (TPSA) is 32.3 Å². The third kappa shape index (κ3) is 3.92. The van der Waals surface area contributed by atoms with E-state index in [-0.39, 0.29) is 6.10 Å². The molecule has 1 aliphatic rings. The van der Waals surface area contributed by atoms with Crippen LogP contribution in [0.15, 0.2) is 11.6 Å². The molecule has 1 fully saturated rings. The van der Waals surface area contributed by atoms with Gasteiger partial charge in [0, 0.05) is 12.6 Å². The molecule has 2 heteroatoms. The highest BCUT2D eigenvalue weighted by molar-refractivity contribution is 4.98. The molecule has 76 valence electrons. The Labute approximate surface area is 81.0 Å². The van der Waals surface area contributed by atoms with Gasteiger partial charge in [0.05, 0.1) is 6.10 Å². The SMILES string of the molecule is C/C=C(/C)CNC1CCC(O)CC1. The Hall–Kier alpha value is -0.340. The van der Waals surface area contributed by atoms with Crippen molar-refractivity contribution in [3.63, 3.8) is 0 Å². The highest BCUT2D eigenvalue weighted by Gasteiger charge is 2.18. The Morgan fingerprint density at radius 2 is 2.00 bits per heavy atom. The van der Waals surface area contributed by atoms with Gasteiger partial charge in [0.1, 0.15) is 0 Å². The van der Waals surface area contributed by atoms with E-state index in [0.717, 1.165) is 32.2 Å². The predicted octanol–water partition coefficient (Wildman–Crippen LogP) is 1.85. The van der Waals surface area contributed by atoms with Crippen LogP contribution in [0.4, 0.5) is 0 Å². The summed E-state index contributed by atoms with van der Waals surface area (Å²) < 4.78 is 0. The van der Waals surface area contributed by atoms with Crippen LogP contribution in [0.25, 0.3) is 0 Å². The number of allylic oxidation sites excluding steroid dienone is 1. The second kappa shape index (κ2) is 5.40. The van der Waals surface area contributed by atoms with Crippen LogP contribution < -0.4 is 5.32 Å². The Balaban J connectivity index is 2.16. The molecule has 1 rings (SSSR count). The van der Waals surface area contributed by atoms with Gasteiger partial charge in [0.2, 0.25) is 0 Å². The van der Waals surface area contributed by atoms with Crippen molar-refractivity contribution in [2.75, 3.05) is 6.54 Å². The molecule has 0 amide bonds. The number of rotatable bonds is 3. The quantitative estimate of drug-likeness (QED) is 0.654. The molecule has 0 spiro atoms. The first kappa shape index (κ1) is 10.7. The van der Waals surface area contributed by atoms with E-state index in [1.807, 2.05) is 0 Å². The number of aliphatic hydroxyl groups excluding tert-OH is 1. The van der Waals surface area contributed by atoms with Gasteiger partial charge in [0.25, 0.3) is 0 Å². The maximum Gasteiger partial charge on any atom is 0.0541 e. The average molecular weight is 183 g/mol. The number of aliphatic hydroxyl groups is 1. The number of hydrogen-bond donors (Lipinski definition) is 2. The van der Waals surface area contributed by atoms with Crippen LogP contribution in [0.2, 0.25) is 0 Å². The van der Waals surface area contributed by atoms with Crippen LogP contribution in [0.5, 0.6) is 0 Å². The minimum Gasteiger partial charge on any atom is -0.393 e. The maximum absolute atomic E-state index is 9.31. The fourth-order valence-electron chi connectivity index (χ4n) is 1.69. The van der Waals surface area contributed by atoms with E-state index < -0.39 is 0 Å². The van der Waals surface area contributed by atoms with Crippen LogP contribution in [0, 0.1) is 0 Å². The molecule has 1 aliphatic carbocycles. The second-order valence-electron chi connectivity index (χ2n) is 4.02. The summed E-state index contributed by atoms with van der Waals surface area (Å²) in [5.41, 5.74) is 1.39. The molecule has 13 heavy (non-hydrogen) atoms. The average Bonchev–Trinajstić information content (AvgIpc) is 2.16. The highest BCUT2D eigenvalue weighted by Crippen LogP contribution is 2.18. The summed E-state index contributed by atoms with van der Waals surface area (Å²) in [7, 11) is 0. The van der Waals surface area contributed by atoms with Gasteiger partial charge >= 0.3 is 0 Å². The molecule has 0 aliphatic heterocycles. The molecule has 2 N–H and O–H groups in total. The molecular formula is C11H21NO. The number of hydrogen-bond acceptors (Lipinski definition) is 2. The summed E-state index contributed by atoms with van der Waals surface area (Å²) in [5, 5.41) is 12.8. The van der Waals surface area contributed by atoms with Gasteiger partial charge in [-0.1, -0.05) is 11.6 Å². The van der Waals surface area contributed by atoms with E-state index in [9.17, 15) is 5.11 Å². The molecule has 2 nitrogen and oxygen atoms in total. The normalized spacial score (nSPS) is 30.5. The van der Waals surface area contributed by atoms with Crippen molar-refractivity contribution < 1.29 is 5.11 Å². The lowest BCUT2D eigenvalue weighted by atomic mass is 9.93. The van der Waals surface area contributed by atoms with Crippen molar-refractivity contribution in [1.29, 1.82) is 0 Å². The molecule has 0 unspecified atom stereocenters. The van der Waals surface area contributed by atoms with E-state index in [2.05, 4.69) is 25.2 Å². The first-order chi connectivity index (χ1) is 6.22. The Bertz CT molecular complexity index is 169. The Morgan fingerprint density at radius 1 is 1.38 bits per heavy atom. The fraction of sp³-hybridized carbons (Fsp3) is 0.818. The molecule has 0 aromatic carbocycles. The third-order valence-electron chi connectivity index (χ3n) is 2.86. The zero-order valence-electron chi connectivity index (χ0n) is 8.71. The summed E-state index contributed by atoms with van der Waals surface area (Å²) in [6.45, 7) is 5.21. The minimum atomic E-state index is -0.0409. The van der Waals surface area contributed by atoms with E-state index in [1.54, 1.807) is 0 Å². The summed E-state index contributed by atoms with van der Waals surface area (Å²) in [4.78, 5) is 0. The smallest absolute Gasteiger partial charge is 0.0541 e. The molecule has 0 aromatic rings. The van der Waals surface area contributed by atoms with Crippen molar-refractivity contribution in [2.45, 2.75) is 51.7 Å². The Morgan fingerprint density at radius 3 is 2.54 bits per heavy atom. The van der Waals surface area contributed by atoms with Gasteiger partial charge in [-0.15, -0.1) is 0 Å². The molecule has 0 saturated heterocycles. The molecule has 0 atom stereocenters. The summed E-state index contributed by atoms with van der Waals surface area (Å²) in [6, 6.07) is 0.623. The van der Waals surface area contributed by atoms with E-state index >= 15 is 0 Å². The fourth-order valence-corrected chi connectivity index (χ4v) is 1.69. The van der Waals surface area contributed by atoms with Gasteiger partial charge in [0.15, 0.2) is 0 Å². The summed E-state index contributed by atoms with van der Waals surface area (Å²) in [6.07, 6.45) is 6.28. The van der Waals surface area contributed by atoms with Crippen molar-refractivity contribution in [3.8, 4) is 0 Å².